The van der Waals surface area contributed by atoms with Crippen molar-refractivity contribution in [2.75, 3.05) is 7.11 Å². The van der Waals surface area contributed by atoms with E-state index in [-0.39, 0.29) is 5.78 Å². The van der Waals surface area contributed by atoms with Crippen LogP contribution in [0.1, 0.15) is 56.4 Å². The standard InChI is InChI=1S/C18H23NO2/c1-21-18-10-6-5-9-15(18)16(13-19)17(20)12-11-14-7-3-2-4-8-14/h5-6,9-10,14,16H,2-4,7-8,11-12H2,1H3. The minimum atomic E-state index is -0.704. The number of carbonyl (C=O) groups excluding carboxylic acids is 1. The molecule has 1 unspecified atom stereocenters. The largest absolute Gasteiger partial charge is 0.496 e. The fourth-order valence-corrected chi connectivity index (χ4v) is 3.19. The first-order valence-electron chi connectivity index (χ1n) is 7.81. The zero-order valence-corrected chi connectivity index (χ0v) is 12.7. The van der Waals surface area contributed by atoms with Gasteiger partial charge in [-0.15, -0.1) is 0 Å². The molecule has 1 aliphatic carbocycles. The number of hydrogen-bond donors (Lipinski definition) is 0. The molecule has 0 amide bonds. The van der Waals surface area contributed by atoms with Crippen LogP contribution in [0.3, 0.4) is 0 Å². The molecule has 3 nitrogen and oxygen atoms in total. The van der Waals surface area contributed by atoms with Gasteiger partial charge in [-0.2, -0.15) is 5.26 Å². The van der Waals surface area contributed by atoms with Crippen molar-refractivity contribution in [2.24, 2.45) is 5.92 Å². The highest BCUT2D eigenvalue weighted by molar-refractivity contribution is 5.89. The van der Waals surface area contributed by atoms with Crippen LogP contribution < -0.4 is 4.74 Å². The summed E-state index contributed by atoms with van der Waals surface area (Å²) in [5, 5.41) is 9.38. The van der Waals surface area contributed by atoms with Gasteiger partial charge in [-0.25, -0.2) is 0 Å². The molecule has 21 heavy (non-hydrogen) atoms. The topological polar surface area (TPSA) is 50.1 Å². The van der Waals surface area contributed by atoms with Crippen LogP contribution >= 0.6 is 0 Å². The van der Waals surface area contributed by atoms with Gasteiger partial charge in [0.1, 0.15) is 11.7 Å². The molecule has 0 spiro atoms. The molecule has 1 aliphatic rings. The summed E-state index contributed by atoms with van der Waals surface area (Å²) in [5.41, 5.74) is 0.691. The number of methoxy groups -OCH3 is 1. The molecule has 0 saturated heterocycles. The Morgan fingerprint density at radius 2 is 2.05 bits per heavy atom. The van der Waals surface area contributed by atoms with Gasteiger partial charge < -0.3 is 4.74 Å². The Bertz CT molecular complexity index is 512. The summed E-state index contributed by atoms with van der Waals surface area (Å²) < 4.78 is 5.27. The van der Waals surface area contributed by atoms with Crippen molar-refractivity contribution >= 4 is 5.78 Å². The minimum Gasteiger partial charge on any atom is -0.496 e. The number of para-hydroxylation sites is 1. The quantitative estimate of drug-likeness (QED) is 0.785. The highest BCUT2D eigenvalue weighted by atomic mass is 16.5. The number of rotatable bonds is 6. The van der Waals surface area contributed by atoms with E-state index in [0.29, 0.717) is 23.7 Å². The normalized spacial score (nSPS) is 17.0. The number of Topliss-reactive ketones (excluding diaryl/α,β-unsaturated/α-hetero) is 1. The lowest BCUT2D eigenvalue weighted by molar-refractivity contribution is -0.119. The Hall–Kier alpha value is -1.82. The number of hydrogen-bond acceptors (Lipinski definition) is 3. The van der Waals surface area contributed by atoms with Crippen LogP contribution in [0.25, 0.3) is 0 Å². The number of nitriles is 1. The van der Waals surface area contributed by atoms with E-state index in [1.807, 2.05) is 18.2 Å². The Morgan fingerprint density at radius 1 is 1.33 bits per heavy atom. The van der Waals surface area contributed by atoms with E-state index in [1.165, 1.54) is 32.1 Å². The number of ketones is 1. The van der Waals surface area contributed by atoms with E-state index < -0.39 is 5.92 Å². The molecule has 0 heterocycles. The second-order valence-electron chi connectivity index (χ2n) is 5.81. The lowest BCUT2D eigenvalue weighted by atomic mass is 9.84. The number of benzene rings is 1. The third-order valence-corrected chi connectivity index (χ3v) is 4.42. The lowest BCUT2D eigenvalue weighted by Crippen LogP contribution is -2.15. The third kappa shape index (κ3) is 4.07. The lowest BCUT2D eigenvalue weighted by Gasteiger charge is -2.21. The molecule has 0 aromatic heterocycles. The molecule has 0 bridgehead atoms. The average Bonchev–Trinajstić information content (AvgIpc) is 2.55. The maximum absolute atomic E-state index is 12.4. The fourth-order valence-electron chi connectivity index (χ4n) is 3.19. The molecule has 1 atom stereocenters. The molecule has 1 aromatic rings. The Morgan fingerprint density at radius 3 is 2.71 bits per heavy atom. The second-order valence-corrected chi connectivity index (χ2v) is 5.81. The molecule has 3 heteroatoms. The molecule has 0 aliphatic heterocycles. The van der Waals surface area contributed by atoms with E-state index in [9.17, 15) is 10.1 Å². The number of ether oxygens (including phenoxy) is 1. The van der Waals surface area contributed by atoms with Gasteiger partial charge in [0, 0.05) is 12.0 Å². The highest BCUT2D eigenvalue weighted by Gasteiger charge is 2.24. The summed E-state index contributed by atoms with van der Waals surface area (Å²) in [5.74, 6) is 0.604. The van der Waals surface area contributed by atoms with Gasteiger partial charge in [0.15, 0.2) is 5.78 Å². The summed E-state index contributed by atoms with van der Waals surface area (Å²) in [4.78, 5) is 12.4. The average molecular weight is 285 g/mol. The summed E-state index contributed by atoms with van der Waals surface area (Å²) in [7, 11) is 1.57. The van der Waals surface area contributed by atoms with Crippen LogP contribution in [0.5, 0.6) is 5.75 Å². The highest BCUT2D eigenvalue weighted by Crippen LogP contribution is 2.31. The number of nitrogens with zero attached hydrogens (tertiary/aromatic N) is 1. The molecule has 1 fully saturated rings. The van der Waals surface area contributed by atoms with Crippen molar-refractivity contribution in [2.45, 2.75) is 50.9 Å². The van der Waals surface area contributed by atoms with Gasteiger partial charge in [-0.3, -0.25) is 4.79 Å². The fraction of sp³-hybridized carbons (Fsp3) is 0.556. The molecule has 1 saturated carbocycles. The summed E-state index contributed by atoms with van der Waals surface area (Å²) in [6, 6.07) is 9.46. The van der Waals surface area contributed by atoms with Crippen LogP contribution in [0.4, 0.5) is 0 Å². The van der Waals surface area contributed by atoms with Crippen molar-refractivity contribution in [3.05, 3.63) is 29.8 Å². The van der Waals surface area contributed by atoms with E-state index in [4.69, 9.17) is 4.74 Å². The first-order chi connectivity index (χ1) is 10.3. The molecule has 0 N–H and O–H groups in total. The maximum atomic E-state index is 12.4. The predicted molar refractivity (Wildman–Crippen MR) is 82.2 cm³/mol. The van der Waals surface area contributed by atoms with Crippen LogP contribution in [0, 0.1) is 17.2 Å². The first kappa shape index (κ1) is 15.6. The van der Waals surface area contributed by atoms with Gasteiger partial charge >= 0.3 is 0 Å². The van der Waals surface area contributed by atoms with E-state index >= 15 is 0 Å². The molecule has 2 rings (SSSR count). The molecular weight excluding hydrogens is 262 g/mol. The van der Waals surface area contributed by atoms with Crippen LogP contribution in [0.15, 0.2) is 24.3 Å². The van der Waals surface area contributed by atoms with Gasteiger partial charge in [0.2, 0.25) is 0 Å². The molecule has 112 valence electrons. The van der Waals surface area contributed by atoms with Crippen LogP contribution in [-0.2, 0) is 4.79 Å². The summed E-state index contributed by atoms with van der Waals surface area (Å²) in [6.07, 6.45) is 7.79. The van der Waals surface area contributed by atoms with Gasteiger partial charge in [-0.1, -0.05) is 50.3 Å². The van der Waals surface area contributed by atoms with Crippen molar-refractivity contribution in [3.63, 3.8) is 0 Å². The zero-order valence-electron chi connectivity index (χ0n) is 12.7. The Balaban J connectivity index is 2.00. The van der Waals surface area contributed by atoms with Crippen molar-refractivity contribution < 1.29 is 9.53 Å². The first-order valence-corrected chi connectivity index (χ1v) is 7.81. The van der Waals surface area contributed by atoms with E-state index in [2.05, 4.69) is 6.07 Å². The van der Waals surface area contributed by atoms with E-state index in [1.54, 1.807) is 13.2 Å². The van der Waals surface area contributed by atoms with Crippen molar-refractivity contribution in [1.29, 1.82) is 5.26 Å². The maximum Gasteiger partial charge on any atom is 0.154 e. The Kier molecular flexibility index (Phi) is 5.80. The van der Waals surface area contributed by atoms with E-state index in [0.717, 1.165) is 6.42 Å². The van der Waals surface area contributed by atoms with Crippen LogP contribution in [-0.4, -0.2) is 12.9 Å². The minimum absolute atomic E-state index is 0.0209. The van der Waals surface area contributed by atoms with Gasteiger partial charge in [-0.05, 0) is 18.4 Å². The molecule has 1 aromatic carbocycles. The van der Waals surface area contributed by atoms with Gasteiger partial charge in [0.05, 0.1) is 13.2 Å². The SMILES string of the molecule is COc1ccccc1C(C#N)C(=O)CCC1CCCCC1. The third-order valence-electron chi connectivity index (χ3n) is 4.42. The van der Waals surface area contributed by atoms with Crippen molar-refractivity contribution in [1.82, 2.24) is 0 Å². The summed E-state index contributed by atoms with van der Waals surface area (Å²) >= 11 is 0. The monoisotopic (exact) mass is 285 g/mol. The van der Waals surface area contributed by atoms with Crippen molar-refractivity contribution in [3.8, 4) is 11.8 Å². The Labute approximate surface area is 126 Å². The second kappa shape index (κ2) is 7.83. The number of carbonyl (C=O) groups is 1. The van der Waals surface area contributed by atoms with Gasteiger partial charge in [0.25, 0.3) is 0 Å². The molecular formula is C18H23NO2. The summed E-state index contributed by atoms with van der Waals surface area (Å²) in [6.45, 7) is 0. The smallest absolute Gasteiger partial charge is 0.154 e. The predicted octanol–water partition coefficient (Wildman–Crippen LogP) is 4.23. The molecule has 0 radical (unpaired) electrons. The zero-order chi connectivity index (χ0) is 15.1. The van der Waals surface area contributed by atoms with Crippen LogP contribution in [0.2, 0.25) is 0 Å².